The molecule has 0 aliphatic carbocycles. The molecule has 2 aromatic rings. The Morgan fingerprint density at radius 3 is 2.38 bits per heavy atom. The highest BCUT2D eigenvalue weighted by molar-refractivity contribution is 8.13. The lowest BCUT2D eigenvalue weighted by Crippen LogP contribution is -2.40. The van der Waals surface area contributed by atoms with Crippen LogP contribution in [0.2, 0.25) is 0 Å². The SMILES string of the molecule is CCCN(CCc1ccc(OC(C)(C)C(=O)O)cc1)S(=O)(=O)C1Sc2ccccc2C1C. The minimum absolute atomic E-state index is 0.0606. The highest BCUT2D eigenvalue weighted by atomic mass is 32.3. The fourth-order valence-electron chi connectivity index (χ4n) is 3.74. The van der Waals surface area contributed by atoms with Gasteiger partial charge in [0.05, 0.1) is 0 Å². The molecule has 32 heavy (non-hydrogen) atoms. The Labute approximate surface area is 195 Å². The summed E-state index contributed by atoms with van der Waals surface area (Å²) in [5.41, 5.74) is 0.750. The van der Waals surface area contributed by atoms with E-state index in [1.165, 1.54) is 25.6 Å². The van der Waals surface area contributed by atoms with E-state index in [0.29, 0.717) is 25.3 Å². The fourth-order valence-corrected chi connectivity index (χ4v) is 7.79. The van der Waals surface area contributed by atoms with Crippen molar-refractivity contribution in [3.05, 3.63) is 59.7 Å². The Balaban J connectivity index is 1.69. The number of ether oxygens (including phenoxy) is 1. The van der Waals surface area contributed by atoms with Gasteiger partial charge < -0.3 is 9.84 Å². The number of nitrogens with zero attached hydrogens (tertiary/aromatic N) is 1. The number of hydrogen-bond acceptors (Lipinski definition) is 5. The van der Waals surface area contributed by atoms with Crippen LogP contribution in [0.25, 0.3) is 0 Å². The predicted molar refractivity (Wildman–Crippen MR) is 128 cm³/mol. The first-order valence-electron chi connectivity index (χ1n) is 10.8. The van der Waals surface area contributed by atoms with Crippen molar-refractivity contribution in [1.82, 2.24) is 4.31 Å². The van der Waals surface area contributed by atoms with Crippen LogP contribution < -0.4 is 4.74 Å². The molecule has 1 aliphatic rings. The summed E-state index contributed by atoms with van der Waals surface area (Å²) in [6, 6.07) is 15.1. The molecule has 0 fully saturated rings. The van der Waals surface area contributed by atoms with Crippen LogP contribution in [0.3, 0.4) is 0 Å². The first kappa shape index (κ1) is 24.6. The Bertz CT molecular complexity index is 1050. The van der Waals surface area contributed by atoms with Gasteiger partial charge in [0.15, 0.2) is 5.60 Å². The zero-order valence-electron chi connectivity index (χ0n) is 18.9. The molecule has 0 amide bonds. The van der Waals surface area contributed by atoms with E-state index in [0.717, 1.165) is 22.4 Å². The quantitative estimate of drug-likeness (QED) is 0.532. The zero-order valence-corrected chi connectivity index (χ0v) is 20.6. The van der Waals surface area contributed by atoms with Crippen LogP contribution in [-0.2, 0) is 21.2 Å². The summed E-state index contributed by atoms with van der Waals surface area (Å²) in [6.45, 7) is 7.85. The highest BCUT2D eigenvalue weighted by Crippen LogP contribution is 2.48. The average molecular weight is 478 g/mol. The number of carboxylic acids is 1. The molecule has 1 heterocycles. The third kappa shape index (κ3) is 5.30. The summed E-state index contributed by atoms with van der Waals surface area (Å²) < 4.78 is 33.7. The molecule has 3 rings (SSSR count). The van der Waals surface area contributed by atoms with Crippen LogP contribution in [0.5, 0.6) is 5.75 Å². The fraction of sp³-hybridized carbons (Fsp3) is 0.458. The highest BCUT2D eigenvalue weighted by Gasteiger charge is 2.42. The van der Waals surface area contributed by atoms with Gasteiger partial charge in [0.2, 0.25) is 10.0 Å². The molecule has 1 aliphatic heterocycles. The number of hydrogen-bond donors (Lipinski definition) is 1. The van der Waals surface area contributed by atoms with Crippen LogP contribution in [0.4, 0.5) is 0 Å². The summed E-state index contributed by atoms with van der Waals surface area (Å²) >= 11 is 1.44. The molecule has 0 aromatic heterocycles. The summed E-state index contributed by atoms with van der Waals surface area (Å²) in [4.78, 5) is 12.3. The van der Waals surface area contributed by atoms with E-state index in [4.69, 9.17) is 4.74 Å². The number of benzene rings is 2. The molecule has 6 nitrogen and oxygen atoms in total. The van der Waals surface area contributed by atoms with Gasteiger partial charge in [-0.1, -0.05) is 44.2 Å². The first-order valence-corrected chi connectivity index (χ1v) is 13.2. The number of thioether (sulfide) groups is 1. The smallest absolute Gasteiger partial charge is 0.347 e. The number of aliphatic carboxylic acids is 1. The second-order valence-electron chi connectivity index (χ2n) is 8.57. The molecule has 0 spiro atoms. The van der Waals surface area contributed by atoms with E-state index in [2.05, 4.69) is 0 Å². The van der Waals surface area contributed by atoms with Gasteiger partial charge in [0.25, 0.3) is 0 Å². The van der Waals surface area contributed by atoms with Crippen molar-refractivity contribution in [2.75, 3.05) is 13.1 Å². The number of rotatable bonds is 10. The summed E-state index contributed by atoms with van der Waals surface area (Å²) in [5, 5.41) is 9.21. The number of carbonyl (C=O) groups is 1. The Morgan fingerprint density at radius 1 is 1.12 bits per heavy atom. The molecule has 1 N–H and O–H groups in total. The zero-order chi connectivity index (χ0) is 23.5. The lowest BCUT2D eigenvalue weighted by Gasteiger charge is -2.27. The maximum atomic E-state index is 13.5. The van der Waals surface area contributed by atoms with E-state index in [1.807, 2.05) is 50.2 Å². The number of sulfonamides is 1. The van der Waals surface area contributed by atoms with E-state index in [-0.39, 0.29) is 5.92 Å². The summed E-state index contributed by atoms with van der Waals surface area (Å²) in [7, 11) is -3.49. The van der Waals surface area contributed by atoms with Crippen LogP contribution in [0.15, 0.2) is 53.4 Å². The normalized spacial score (nSPS) is 18.5. The molecule has 174 valence electrons. The molecule has 8 heteroatoms. The van der Waals surface area contributed by atoms with E-state index in [1.54, 1.807) is 16.4 Å². The second kappa shape index (κ2) is 9.85. The van der Waals surface area contributed by atoms with Gasteiger partial charge in [-0.25, -0.2) is 17.5 Å². The maximum absolute atomic E-state index is 13.5. The topological polar surface area (TPSA) is 83.9 Å². The standard InChI is InChI=1S/C24H31NO5S2/c1-5-15-25(32(28,29)22-17(2)20-8-6-7-9-21(20)31-22)16-14-18-10-12-19(13-11-18)30-24(3,4)23(26)27/h6-13,17,22H,5,14-16H2,1-4H3,(H,26,27). The lowest BCUT2D eigenvalue weighted by molar-refractivity contribution is -0.152. The van der Waals surface area contributed by atoms with Gasteiger partial charge >= 0.3 is 5.97 Å². The van der Waals surface area contributed by atoms with Gasteiger partial charge in [0.1, 0.15) is 10.3 Å². The second-order valence-corrected chi connectivity index (χ2v) is 12.1. The molecular weight excluding hydrogens is 446 g/mol. The van der Waals surface area contributed by atoms with Gasteiger partial charge in [-0.15, -0.1) is 11.8 Å². The Morgan fingerprint density at radius 2 is 1.78 bits per heavy atom. The van der Waals surface area contributed by atoms with E-state index in [9.17, 15) is 18.3 Å². The number of carboxylic acid groups (broad SMARTS) is 1. The van der Waals surface area contributed by atoms with Crippen molar-refractivity contribution >= 4 is 27.8 Å². The molecule has 0 saturated carbocycles. The predicted octanol–water partition coefficient (Wildman–Crippen LogP) is 4.75. The van der Waals surface area contributed by atoms with Crippen molar-refractivity contribution in [3.63, 3.8) is 0 Å². The van der Waals surface area contributed by atoms with Crippen molar-refractivity contribution in [1.29, 1.82) is 0 Å². The van der Waals surface area contributed by atoms with E-state index < -0.39 is 26.2 Å². The molecule has 2 aromatic carbocycles. The largest absolute Gasteiger partial charge is 0.478 e. The maximum Gasteiger partial charge on any atom is 0.347 e. The third-order valence-electron chi connectivity index (χ3n) is 5.65. The minimum Gasteiger partial charge on any atom is -0.478 e. The summed E-state index contributed by atoms with van der Waals surface area (Å²) in [5.74, 6) is -0.633. The first-order chi connectivity index (χ1) is 15.1. The van der Waals surface area contributed by atoms with Crippen molar-refractivity contribution < 1.29 is 23.1 Å². The van der Waals surface area contributed by atoms with Gasteiger partial charge in [0, 0.05) is 23.9 Å². The summed E-state index contributed by atoms with van der Waals surface area (Å²) in [6.07, 6.45) is 1.32. The lowest BCUT2D eigenvalue weighted by atomic mass is 10.0. The van der Waals surface area contributed by atoms with Crippen molar-refractivity contribution in [3.8, 4) is 5.75 Å². The molecule has 2 unspecified atom stereocenters. The van der Waals surface area contributed by atoms with Crippen LogP contribution >= 0.6 is 11.8 Å². The average Bonchev–Trinajstić information content (AvgIpc) is 3.09. The molecule has 0 radical (unpaired) electrons. The molecule has 0 bridgehead atoms. The van der Waals surface area contributed by atoms with Gasteiger partial charge in [-0.05, 0) is 56.0 Å². The van der Waals surface area contributed by atoms with Crippen LogP contribution in [0, 0.1) is 0 Å². The van der Waals surface area contributed by atoms with Gasteiger partial charge in [-0.2, -0.15) is 0 Å². The Hall–Kier alpha value is -2.03. The van der Waals surface area contributed by atoms with Crippen LogP contribution in [0.1, 0.15) is 51.2 Å². The monoisotopic (exact) mass is 477 g/mol. The third-order valence-corrected chi connectivity index (χ3v) is 10.0. The molecular formula is C24H31NO5S2. The Kier molecular flexibility index (Phi) is 7.57. The number of fused-ring (bicyclic) bond motifs is 1. The molecule has 2 atom stereocenters. The molecule has 0 saturated heterocycles. The van der Waals surface area contributed by atoms with Crippen molar-refractivity contribution in [2.45, 2.75) is 61.5 Å². The van der Waals surface area contributed by atoms with Crippen LogP contribution in [-0.4, -0.2) is 47.1 Å². The van der Waals surface area contributed by atoms with Crippen molar-refractivity contribution in [2.24, 2.45) is 0 Å². The minimum atomic E-state index is -3.49. The van der Waals surface area contributed by atoms with E-state index >= 15 is 0 Å². The van der Waals surface area contributed by atoms with Gasteiger partial charge in [-0.3, -0.25) is 0 Å².